The monoisotopic (exact) mass is 286 g/mol. The van der Waals surface area contributed by atoms with E-state index in [1.807, 2.05) is 24.3 Å². The second-order valence-corrected chi connectivity index (χ2v) is 6.73. The Morgan fingerprint density at radius 3 is 2.67 bits per heavy atom. The lowest BCUT2D eigenvalue weighted by Gasteiger charge is -2.38. The van der Waals surface area contributed by atoms with Gasteiger partial charge in [0, 0.05) is 18.2 Å². The summed E-state index contributed by atoms with van der Waals surface area (Å²) in [4.78, 5) is 12.4. The average Bonchev–Trinajstić information content (AvgIpc) is 2.53. The Kier molecular flexibility index (Phi) is 4.47. The highest BCUT2D eigenvalue weighted by Gasteiger charge is 2.34. The fourth-order valence-electron chi connectivity index (χ4n) is 4.13. The zero-order valence-electron chi connectivity index (χ0n) is 12.7. The van der Waals surface area contributed by atoms with Gasteiger partial charge in [0.2, 0.25) is 5.91 Å². The van der Waals surface area contributed by atoms with Crippen molar-refractivity contribution in [2.75, 3.05) is 5.73 Å². The van der Waals surface area contributed by atoms with Crippen molar-refractivity contribution in [2.45, 2.75) is 51.5 Å². The summed E-state index contributed by atoms with van der Waals surface area (Å²) in [6, 6.07) is 7.75. The third-order valence-corrected chi connectivity index (χ3v) is 5.42. The summed E-state index contributed by atoms with van der Waals surface area (Å²) in [6.07, 6.45) is 8.88. The number of rotatable bonds is 3. The van der Waals surface area contributed by atoms with Crippen LogP contribution in [-0.4, -0.2) is 5.91 Å². The molecule has 114 valence electrons. The molecule has 0 spiro atoms. The normalized spacial score (nSPS) is 28.7. The molecule has 2 fully saturated rings. The van der Waals surface area contributed by atoms with Crippen LogP contribution >= 0.6 is 0 Å². The van der Waals surface area contributed by atoms with Crippen LogP contribution in [-0.2, 0) is 11.3 Å². The lowest BCUT2D eigenvalue weighted by atomic mass is 9.67. The predicted molar refractivity (Wildman–Crippen MR) is 85.5 cm³/mol. The van der Waals surface area contributed by atoms with Gasteiger partial charge in [-0.2, -0.15) is 0 Å². The maximum Gasteiger partial charge on any atom is 0.223 e. The molecule has 0 aliphatic heterocycles. The Bertz CT molecular complexity index is 500. The summed E-state index contributed by atoms with van der Waals surface area (Å²) >= 11 is 0. The number of hydrogen-bond acceptors (Lipinski definition) is 2. The van der Waals surface area contributed by atoms with Crippen molar-refractivity contribution in [3.05, 3.63) is 29.8 Å². The van der Waals surface area contributed by atoms with Gasteiger partial charge in [0.15, 0.2) is 0 Å². The van der Waals surface area contributed by atoms with Crippen molar-refractivity contribution in [3.8, 4) is 0 Å². The van der Waals surface area contributed by atoms with Crippen LogP contribution in [0.1, 0.15) is 50.5 Å². The van der Waals surface area contributed by atoms with E-state index in [9.17, 15) is 4.79 Å². The van der Waals surface area contributed by atoms with Gasteiger partial charge in [-0.3, -0.25) is 4.79 Å². The van der Waals surface area contributed by atoms with Crippen LogP contribution in [0.3, 0.4) is 0 Å². The molecule has 3 heteroatoms. The Morgan fingerprint density at radius 1 is 1.10 bits per heavy atom. The maximum absolute atomic E-state index is 12.4. The van der Waals surface area contributed by atoms with Crippen LogP contribution in [0, 0.1) is 17.8 Å². The minimum Gasteiger partial charge on any atom is -0.398 e. The first-order valence-corrected chi connectivity index (χ1v) is 8.35. The maximum atomic E-state index is 12.4. The van der Waals surface area contributed by atoms with Crippen molar-refractivity contribution in [2.24, 2.45) is 17.8 Å². The summed E-state index contributed by atoms with van der Waals surface area (Å²) < 4.78 is 0. The van der Waals surface area contributed by atoms with Crippen LogP contribution in [0.25, 0.3) is 0 Å². The van der Waals surface area contributed by atoms with Crippen LogP contribution in [0.4, 0.5) is 5.69 Å². The molecular weight excluding hydrogens is 260 g/mol. The second kappa shape index (κ2) is 6.50. The van der Waals surface area contributed by atoms with E-state index < -0.39 is 0 Å². The molecule has 21 heavy (non-hydrogen) atoms. The number of nitrogens with two attached hydrogens (primary N) is 1. The Morgan fingerprint density at radius 2 is 1.86 bits per heavy atom. The molecule has 2 aliphatic carbocycles. The molecule has 2 saturated carbocycles. The highest BCUT2D eigenvalue weighted by atomic mass is 16.1. The number of para-hydroxylation sites is 1. The van der Waals surface area contributed by atoms with Gasteiger partial charge in [-0.25, -0.2) is 0 Å². The van der Waals surface area contributed by atoms with E-state index in [4.69, 9.17) is 5.73 Å². The summed E-state index contributed by atoms with van der Waals surface area (Å²) in [7, 11) is 0. The molecule has 3 unspecified atom stereocenters. The Balaban J connectivity index is 1.53. The van der Waals surface area contributed by atoms with E-state index in [1.54, 1.807) is 0 Å². The first-order chi connectivity index (χ1) is 10.2. The minimum atomic E-state index is 0.217. The smallest absolute Gasteiger partial charge is 0.223 e. The van der Waals surface area contributed by atoms with Crippen molar-refractivity contribution in [3.63, 3.8) is 0 Å². The fraction of sp³-hybridized carbons (Fsp3) is 0.611. The predicted octanol–water partition coefficient (Wildman–Crippen LogP) is 3.49. The quantitative estimate of drug-likeness (QED) is 0.836. The number of nitrogen functional groups attached to an aromatic ring is 1. The fourth-order valence-corrected chi connectivity index (χ4v) is 4.13. The van der Waals surface area contributed by atoms with Gasteiger partial charge in [0.1, 0.15) is 0 Å². The van der Waals surface area contributed by atoms with E-state index in [0.717, 1.165) is 35.9 Å². The molecule has 1 aromatic rings. The molecule has 3 nitrogen and oxygen atoms in total. The molecule has 0 aromatic heterocycles. The molecule has 0 heterocycles. The molecule has 0 saturated heterocycles. The third-order valence-electron chi connectivity index (χ3n) is 5.42. The molecule has 0 bridgehead atoms. The lowest BCUT2D eigenvalue weighted by Crippen LogP contribution is -2.37. The molecule has 2 aliphatic rings. The molecule has 1 aromatic carbocycles. The molecule has 3 atom stereocenters. The van der Waals surface area contributed by atoms with Gasteiger partial charge < -0.3 is 11.1 Å². The number of fused-ring (bicyclic) bond motifs is 1. The number of nitrogens with one attached hydrogen (secondary N) is 1. The van der Waals surface area contributed by atoms with Crippen LogP contribution in [0.2, 0.25) is 0 Å². The van der Waals surface area contributed by atoms with Crippen LogP contribution < -0.4 is 11.1 Å². The van der Waals surface area contributed by atoms with E-state index in [0.29, 0.717) is 6.54 Å². The number of benzene rings is 1. The van der Waals surface area contributed by atoms with Gasteiger partial charge >= 0.3 is 0 Å². The summed E-state index contributed by atoms with van der Waals surface area (Å²) in [5, 5.41) is 3.09. The van der Waals surface area contributed by atoms with Gasteiger partial charge in [-0.1, -0.05) is 43.9 Å². The summed E-state index contributed by atoms with van der Waals surface area (Å²) in [6.45, 7) is 0.552. The number of carbonyl (C=O) groups excluding carboxylic acids is 1. The Labute approximate surface area is 127 Å². The SMILES string of the molecule is Nc1ccccc1CNC(=O)C1CCC2CCCCC2C1. The zero-order chi connectivity index (χ0) is 14.7. The van der Waals surface area contributed by atoms with Crippen molar-refractivity contribution < 1.29 is 4.79 Å². The van der Waals surface area contributed by atoms with Gasteiger partial charge in [-0.15, -0.1) is 0 Å². The van der Waals surface area contributed by atoms with Crippen molar-refractivity contribution in [1.82, 2.24) is 5.32 Å². The van der Waals surface area contributed by atoms with Crippen molar-refractivity contribution in [1.29, 1.82) is 0 Å². The molecule has 3 N–H and O–H groups in total. The van der Waals surface area contributed by atoms with E-state index in [-0.39, 0.29) is 11.8 Å². The summed E-state index contributed by atoms with van der Waals surface area (Å²) in [5.74, 6) is 2.13. The van der Waals surface area contributed by atoms with E-state index in [2.05, 4.69) is 5.32 Å². The lowest BCUT2D eigenvalue weighted by molar-refractivity contribution is -0.127. The van der Waals surface area contributed by atoms with Gasteiger partial charge in [0.25, 0.3) is 0 Å². The first-order valence-electron chi connectivity index (χ1n) is 8.35. The molecular formula is C18H26N2O. The van der Waals surface area contributed by atoms with Gasteiger partial charge in [0.05, 0.1) is 0 Å². The highest BCUT2D eigenvalue weighted by Crippen LogP contribution is 2.42. The number of hydrogen-bond donors (Lipinski definition) is 2. The second-order valence-electron chi connectivity index (χ2n) is 6.73. The first kappa shape index (κ1) is 14.4. The zero-order valence-corrected chi connectivity index (χ0v) is 12.7. The molecule has 0 radical (unpaired) electrons. The van der Waals surface area contributed by atoms with Gasteiger partial charge in [-0.05, 0) is 42.7 Å². The Hall–Kier alpha value is -1.51. The van der Waals surface area contributed by atoms with E-state index >= 15 is 0 Å². The van der Waals surface area contributed by atoms with Crippen LogP contribution in [0.5, 0.6) is 0 Å². The van der Waals surface area contributed by atoms with Crippen LogP contribution in [0.15, 0.2) is 24.3 Å². The third kappa shape index (κ3) is 3.39. The highest BCUT2D eigenvalue weighted by molar-refractivity contribution is 5.78. The molecule has 1 amide bonds. The molecule has 3 rings (SSSR count). The number of anilines is 1. The summed E-state index contributed by atoms with van der Waals surface area (Å²) in [5.41, 5.74) is 7.69. The number of carbonyl (C=O) groups is 1. The minimum absolute atomic E-state index is 0.217. The average molecular weight is 286 g/mol. The number of amides is 1. The largest absolute Gasteiger partial charge is 0.398 e. The van der Waals surface area contributed by atoms with E-state index in [1.165, 1.54) is 32.1 Å². The van der Waals surface area contributed by atoms with Crippen molar-refractivity contribution >= 4 is 11.6 Å². The topological polar surface area (TPSA) is 55.1 Å². The standard InChI is InChI=1S/C18H26N2O/c19-17-8-4-3-7-16(17)12-20-18(21)15-10-9-13-5-1-2-6-14(13)11-15/h3-4,7-8,13-15H,1-2,5-6,9-12,19H2,(H,20,21).